The summed E-state index contributed by atoms with van der Waals surface area (Å²) in [5.74, 6) is 1.68. The zero-order chi connectivity index (χ0) is 9.47. The normalized spacial score (nSPS) is 51.5. The Morgan fingerprint density at radius 2 is 2.00 bits per heavy atom. The number of rotatable bonds is 0. The van der Waals surface area contributed by atoms with E-state index in [0.717, 1.165) is 24.7 Å². The SMILES string of the molecule is C[C@H]1CCCC2C[C@H](O)CC[C@]21C. The number of hydrogen-bond acceptors (Lipinski definition) is 1. The van der Waals surface area contributed by atoms with Gasteiger partial charge in [0, 0.05) is 0 Å². The van der Waals surface area contributed by atoms with Crippen molar-refractivity contribution in [3.63, 3.8) is 0 Å². The lowest BCUT2D eigenvalue weighted by atomic mass is 9.55. The minimum absolute atomic E-state index is 0.00312. The van der Waals surface area contributed by atoms with Gasteiger partial charge in [-0.05, 0) is 42.9 Å². The van der Waals surface area contributed by atoms with Crippen LogP contribution in [0.4, 0.5) is 0 Å². The summed E-state index contributed by atoms with van der Waals surface area (Å²) in [4.78, 5) is 0. The Morgan fingerprint density at radius 1 is 1.23 bits per heavy atom. The van der Waals surface area contributed by atoms with Crippen molar-refractivity contribution in [2.45, 2.75) is 58.5 Å². The maximum absolute atomic E-state index is 9.65. The number of aliphatic hydroxyl groups excluding tert-OH is 1. The molecule has 2 aliphatic rings. The van der Waals surface area contributed by atoms with Crippen LogP contribution >= 0.6 is 0 Å². The summed E-state index contributed by atoms with van der Waals surface area (Å²) in [6, 6.07) is 0. The lowest BCUT2D eigenvalue weighted by molar-refractivity contribution is -0.0403. The van der Waals surface area contributed by atoms with Crippen molar-refractivity contribution in [1.29, 1.82) is 0 Å². The monoisotopic (exact) mass is 182 g/mol. The van der Waals surface area contributed by atoms with E-state index in [4.69, 9.17) is 0 Å². The molecule has 2 rings (SSSR count). The van der Waals surface area contributed by atoms with Gasteiger partial charge in [0.15, 0.2) is 0 Å². The third-order valence-electron chi connectivity index (χ3n) is 4.82. The fourth-order valence-corrected chi connectivity index (χ4v) is 3.49. The molecule has 13 heavy (non-hydrogen) atoms. The molecular formula is C12H22O. The molecule has 0 aromatic heterocycles. The van der Waals surface area contributed by atoms with E-state index in [0.29, 0.717) is 5.41 Å². The van der Waals surface area contributed by atoms with Crippen LogP contribution in [-0.2, 0) is 0 Å². The third-order valence-corrected chi connectivity index (χ3v) is 4.82. The Bertz CT molecular complexity index is 190. The highest BCUT2D eigenvalue weighted by Crippen LogP contribution is 2.52. The fraction of sp³-hybridized carbons (Fsp3) is 1.00. The molecule has 0 aliphatic heterocycles. The molecule has 0 aromatic rings. The van der Waals surface area contributed by atoms with Crippen LogP contribution in [0.1, 0.15) is 52.4 Å². The molecule has 1 nitrogen and oxygen atoms in total. The Hall–Kier alpha value is -0.0400. The maximum Gasteiger partial charge on any atom is 0.0543 e. The van der Waals surface area contributed by atoms with Crippen LogP contribution in [0, 0.1) is 17.3 Å². The Balaban J connectivity index is 2.13. The van der Waals surface area contributed by atoms with Crippen LogP contribution in [0.5, 0.6) is 0 Å². The molecule has 0 bridgehead atoms. The number of hydrogen-bond donors (Lipinski definition) is 1. The first-order valence-electron chi connectivity index (χ1n) is 5.81. The molecular weight excluding hydrogens is 160 g/mol. The van der Waals surface area contributed by atoms with Crippen molar-refractivity contribution in [3.05, 3.63) is 0 Å². The predicted octanol–water partition coefficient (Wildman–Crippen LogP) is 2.97. The molecule has 2 fully saturated rings. The molecule has 1 unspecified atom stereocenters. The predicted molar refractivity (Wildman–Crippen MR) is 54.5 cm³/mol. The van der Waals surface area contributed by atoms with Crippen molar-refractivity contribution in [3.8, 4) is 0 Å². The Labute approximate surface area is 81.5 Å². The maximum atomic E-state index is 9.65. The molecule has 76 valence electrons. The van der Waals surface area contributed by atoms with Gasteiger partial charge in [-0.2, -0.15) is 0 Å². The summed E-state index contributed by atoms with van der Waals surface area (Å²) in [6.07, 6.45) is 7.51. The Kier molecular flexibility index (Phi) is 2.39. The highest BCUT2D eigenvalue weighted by Gasteiger charge is 2.44. The lowest BCUT2D eigenvalue weighted by Gasteiger charge is -2.50. The van der Waals surface area contributed by atoms with Crippen LogP contribution in [0.3, 0.4) is 0 Å². The zero-order valence-electron chi connectivity index (χ0n) is 8.92. The molecule has 0 amide bonds. The fourth-order valence-electron chi connectivity index (χ4n) is 3.49. The minimum Gasteiger partial charge on any atom is -0.393 e. The molecule has 4 atom stereocenters. The van der Waals surface area contributed by atoms with Crippen LogP contribution < -0.4 is 0 Å². The second-order valence-electron chi connectivity index (χ2n) is 5.46. The van der Waals surface area contributed by atoms with E-state index in [2.05, 4.69) is 13.8 Å². The van der Waals surface area contributed by atoms with E-state index in [1.165, 1.54) is 25.7 Å². The average Bonchev–Trinajstić information content (AvgIpc) is 2.09. The third kappa shape index (κ3) is 1.52. The largest absolute Gasteiger partial charge is 0.393 e. The number of aliphatic hydroxyl groups is 1. The molecule has 2 saturated carbocycles. The Morgan fingerprint density at radius 3 is 2.77 bits per heavy atom. The van der Waals surface area contributed by atoms with Gasteiger partial charge in [0.2, 0.25) is 0 Å². The van der Waals surface area contributed by atoms with Gasteiger partial charge in [-0.25, -0.2) is 0 Å². The minimum atomic E-state index is 0.00312. The van der Waals surface area contributed by atoms with Gasteiger partial charge in [0.25, 0.3) is 0 Å². The summed E-state index contributed by atoms with van der Waals surface area (Å²) >= 11 is 0. The summed E-state index contributed by atoms with van der Waals surface area (Å²) in [5, 5.41) is 9.65. The van der Waals surface area contributed by atoms with Gasteiger partial charge >= 0.3 is 0 Å². The smallest absolute Gasteiger partial charge is 0.0543 e. The van der Waals surface area contributed by atoms with E-state index in [1.807, 2.05) is 0 Å². The average molecular weight is 182 g/mol. The highest BCUT2D eigenvalue weighted by molar-refractivity contribution is 4.95. The van der Waals surface area contributed by atoms with E-state index < -0.39 is 0 Å². The molecule has 2 aliphatic carbocycles. The second kappa shape index (κ2) is 3.27. The quantitative estimate of drug-likeness (QED) is 0.610. The van der Waals surface area contributed by atoms with Crippen molar-refractivity contribution < 1.29 is 5.11 Å². The van der Waals surface area contributed by atoms with Crippen molar-refractivity contribution in [1.82, 2.24) is 0 Å². The van der Waals surface area contributed by atoms with Crippen LogP contribution in [0.25, 0.3) is 0 Å². The van der Waals surface area contributed by atoms with E-state index >= 15 is 0 Å². The molecule has 1 heteroatoms. The van der Waals surface area contributed by atoms with Crippen LogP contribution in [0.2, 0.25) is 0 Å². The second-order valence-corrected chi connectivity index (χ2v) is 5.46. The summed E-state index contributed by atoms with van der Waals surface area (Å²) in [7, 11) is 0. The van der Waals surface area contributed by atoms with Gasteiger partial charge in [-0.15, -0.1) is 0 Å². The van der Waals surface area contributed by atoms with Crippen LogP contribution in [0.15, 0.2) is 0 Å². The van der Waals surface area contributed by atoms with Crippen molar-refractivity contribution >= 4 is 0 Å². The van der Waals surface area contributed by atoms with Gasteiger partial charge in [0.05, 0.1) is 6.10 Å². The van der Waals surface area contributed by atoms with Crippen molar-refractivity contribution in [2.75, 3.05) is 0 Å². The molecule has 0 spiro atoms. The standard InChI is InChI=1S/C12H22O/c1-9-4-3-5-10-8-11(13)6-7-12(9,10)2/h9-11,13H,3-8H2,1-2H3/t9-,10?,11+,12-/m0/s1. The number of fused-ring (bicyclic) bond motifs is 1. The topological polar surface area (TPSA) is 20.2 Å². The molecule has 0 heterocycles. The van der Waals surface area contributed by atoms with Crippen LogP contribution in [-0.4, -0.2) is 11.2 Å². The van der Waals surface area contributed by atoms with E-state index in [1.54, 1.807) is 0 Å². The highest BCUT2D eigenvalue weighted by atomic mass is 16.3. The first-order valence-corrected chi connectivity index (χ1v) is 5.81. The van der Waals surface area contributed by atoms with E-state index in [9.17, 15) is 5.11 Å². The molecule has 0 radical (unpaired) electrons. The lowest BCUT2D eigenvalue weighted by Crippen LogP contribution is -2.43. The van der Waals surface area contributed by atoms with E-state index in [-0.39, 0.29) is 6.10 Å². The summed E-state index contributed by atoms with van der Waals surface area (Å²) < 4.78 is 0. The van der Waals surface area contributed by atoms with Crippen molar-refractivity contribution in [2.24, 2.45) is 17.3 Å². The van der Waals surface area contributed by atoms with Gasteiger partial charge in [-0.3, -0.25) is 0 Å². The zero-order valence-corrected chi connectivity index (χ0v) is 8.92. The first kappa shape index (κ1) is 9.51. The van der Waals surface area contributed by atoms with Gasteiger partial charge in [0.1, 0.15) is 0 Å². The molecule has 0 aromatic carbocycles. The summed E-state index contributed by atoms with van der Waals surface area (Å²) in [6.45, 7) is 4.86. The molecule has 0 saturated heterocycles. The van der Waals surface area contributed by atoms with Gasteiger partial charge < -0.3 is 5.11 Å². The molecule has 1 N–H and O–H groups in total. The van der Waals surface area contributed by atoms with Gasteiger partial charge in [-0.1, -0.05) is 26.7 Å². The first-order chi connectivity index (χ1) is 6.13. The summed E-state index contributed by atoms with van der Waals surface area (Å²) in [5.41, 5.74) is 0.553.